The normalized spacial score (nSPS) is 16.3. The van der Waals surface area contributed by atoms with Gasteiger partial charge in [0, 0.05) is 37.9 Å². The van der Waals surface area contributed by atoms with Crippen LogP contribution in [0.1, 0.15) is 18.4 Å². The molecule has 0 unspecified atom stereocenters. The number of nitrogens with zero attached hydrogens (tertiary/aromatic N) is 3. The van der Waals surface area contributed by atoms with E-state index in [2.05, 4.69) is 51.1 Å². The summed E-state index contributed by atoms with van der Waals surface area (Å²) in [6.07, 6.45) is 6.25. The fourth-order valence-corrected chi connectivity index (χ4v) is 2.71. The van der Waals surface area contributed by atoms with Gasteiger partial charge in [0.05, 0.1) is 6.54 Å². The number of aliphatic imine (C=N–C) groups is 1. The van der Waals surface area contributed by atoms with Crippen LogP contribution in [0.3, 0.4) is 0 Å². The van der Waals surface area contributed by atoms with E-state index in [1.807, 2.05) is 24.0 Å². The predicted molar refractivity (Wildman–Crippen MR) is 88.9 cm³/mol. The predicted octanol–water partition coefficient (Wildman–Crippen LogP) is 1.78. The molecule has 1 heterocycles. The second-order valence-electron chi connectivity index (χ2n) is 5.77. The zero-order valence-electron chi connectivity index (χ0n) is 13.0. The smallest absolute Gasteiger partial charge is 0.191 e. The molecule has 0 atom stereocenters. The average molecular weight is 297 g/mol. The van der Waals surface area contributed by atoms with Gasteiger partial charge in [-0.1, -0.05) is 30.3 Å². The molecule has 1 aromatic heterocycles. The first-order valence-electron chi connectivity index (χ1n) is 7.80. The topological polar surface area (TPSA) is 54.2 Å². The highest BCUT2D eigenvalue weighted by molar-refractivity contribution is 5.79. The minimum absolute atomic E-state index is 0.293. The van der Waals surface area contributed by atoms with Crippen molar-refractivity contribution in [3.63, 3.8) is 0 Å². The van der Waals surface area contributed by atoms with E-state index in [0.29, 0.717) is 5.41 Å². The first-order chi connectivity index (χ1) is 10.8. The lowest BCUT2D eigenvalue weighted by Crippen LogP contribution is -2.42. The molecule has 1 saturated carbocycles. The van der Waals surface area contributed by atoms with Crippen LogP contribution in [-0.4, -0.2) is 35.9 Å². The summed E-state index contributed by atoms with van der Waals surface area (Å²) in [4.78, 5) is 4.30. The lowest BCUT2D eigenvalue weighted by molar-refractivity contribution is 0.590. The number of benzene rings is 1. The fourth-order valence-electron chi connectivity index (χ4n) is 2.71. The van der Waals surface area contributed by atoms with Crippen molar-refractivity contribution in [1.82, 2.24) is 20.4 Å². The summed E-state index contributed by atoms with van der Waals surface area (Å²) >= 11 is 0. The Morgan fingerprint density at radius 1 is 1.23 bits per heavy atom. The van der Waals surface area contributed by atoms with Crippen LogP contribution in [-0.2, 0) is 12.0 Å². The maximum Gasteiger partial charge on any atom is 0.191 e. The van der Waals surface area contributed by atoms with Gasteiger partial charge in [0.15, 0.2) is 5.96 Å². The van der Waals surface area contributed by atoms with E-state index in [4.69, 9.17) is 0 Å². The molecule has 0 radical (unpaired) electrons. The summed E-state index contributed by atoms with van der Waals surface area (Å²) in [5, 5.41) is 11.0. The van der Waals surface area contributed by atoms with E-state index in [1.54, 1.807) is 6.20 Å². The van der Waals surface area contributed by atoms with Gasteiger partial charge in [-0.05, 0) is 24.5 Å². The van der Waals surface area contributed by atoms with Crippen molar-refractivity contribution in [3.05, 3.63) is 54.4 Å². The number of hydrogen-bond donors (Lipinski definition) is 2. The molecular weight excluding hydrogens is 274 g/mol. The zero-order valence-corrected chi connectivity index (χ0v) is 13.0. The van der Waals surface area contributed by atoms with E-state index in [0.717, 1.165) is 25.6 Å². The van der Waals surface area contributed by atoms with Gasteiger partial charge < -0.3 is 10.6 Å². The van der Waals surface area contributed by atoms with Crippen LogP contribution in [0, 0.1) is 0 Å². The molecule has 0 aliphatic heterocycles. The largest absolute Gasteiger partial charge is 0.356 e. The van der Waals surface area contributed by atoms with E-state index in [1.165, 1.54) is 18.4 Å². The van der Waals surface area contributed by atoms with E-state index >= 15 is 0 Å². The third-order valence-electron chi connectivity index (χ3n) is 4.25. The highest BCUT2D eigenvalue weighted by Gasteiger charge is 2.43. The van der Waals surface area contributed by atoms with Gasteiger partial charge in [0.2, 0.25) is 0 Å². The van der Waals surface area contributed by atoms with Gasteiger partial charge in [0.1, 0.15) is 0 Å². The molecule has 2 N–H and O–H groups in total. The van der Waals surface area contributed by atoms with Crippen molar-refractivity contribution < 1.29 is 0 Å². The number of aromatic nitrogens is 2. The van der Waals surface area contributed by atoms with Crippen molar-refractivity contribution in [2.24, 2.45) is 4.99 Å². The Morgan fingerprint density at radius 3 is 2.68 bits per heavy atom. The average Bonchev–Trinajstić information content (AvgIpc) is 3.18. The maximum atomic E-state index is 4.30. The summed E-state index contributed by atoms with van der Waals surface area (Å²) in [5.41, 5.74) is 1.72. The van der Waals surface area contributed by atoms with E-state index < -0.39 is 0 Å². The van der Waals surface area contributed by atoms with Gasteiger partial charge in [-0.25, -0.2) is 0 Å². The highest BCUT2D eigenvalue weighted by atomic mass is 15.3. The molecule has 1 aromatic carbocycles. The second-order valence-corrected chi connectivity index (χ2v) is 5.77. The Bertz CT molecular complexity index is 599. The zero-order chi connectivity index (χ0) is 15.3. The third-order valence-corrected chi connectivity index (χ3v) is 4.25. The van der Waals surface area contributed by atoms with Crippen molar-refractivity contribution in [2.45, 2.75) is 24.8 Å². The number of guanidine groups is 1. The minimum Gasteiger partial charge on any atom is -0.356 e. The lowest BCUT2D eigenvalue weighted by atomic mass is 9.96. The van der Waals surface area contributed by atoms with E-state index in [9.17, 15) is 0 Å². The molecule has 0 bridgehead atoms. The van der Waals surface area contributed by atoms with Gasteiger partial charge >= 0.3 is 0 Å². The first kappa shape index (κ1) is 14.6. The first-order valence-corrected chi connectivity index (χ1v) is 7.80. The minimum atomic E-state index is 0.293. The molecule has 1 aliphatic rings. The molecule has 116 valence electrons. The molecule has 3 rings (SSSR count). The Labute approximate surface area is 131 Å². The van der Waals surface area contributed by atoms with Gasteiger partial charge in [0.25, 0.3) is 0 Å². The fraction of sp³-hybridized carbons (Fsp3) is 0.412. The summed E-state index contributed by atoms with van der Waals surface area (Å²) < 4.78 is 1.91. The SMILES string of the molecule is CN=C(NCCn1cccn1)NCC1(c2ccccc2)CC1. The van der Waals surface area contributed by atoms with Crippen molar-refractivity contribution in [2.75, 3.05) is 20.1 Å². The highest BCUT2D eigenvalue weighted by Crippen LogP contribution is 2.47. The van der Waals surface area contributed by atoms with Gasteiger partial charge in [-0.2, -0.15) is 5.10 Å². The van der Waals surface area contributed by atoms with Crippen LogP contribution in [0.15, 0.2) is 53.8 Å². The van der Waals surface area contributed by atoms with Crippen LogP contribution >= 0.6 is 0 Å². The number of nitrogens with one attached hydrogen (secondary N) is 2. The lowest BCUT2D eigenvalue weighted by Gasteiger charge is -2.19. The molecule has 5 heteroatoms. The molecule has 22 heavy (non-hydrogen) atoms. The van der Waals surface area contributed by atoms with Crippen LogP contribution in [0.5, 0.6) is 0 Å². The van der Waals surface area contributed by atoms with Crippen molar-refractivity contribution in [1.29, 1.82) is 0 Å². The van der Waals surface area contributed by atoms with Crippen molar-refractivity contribution in [3.8, 4) is 0 Å². The number of hydrogen-bond acceptors (Lipinski definition) is 2. The third kappa shape index (κ3) is 3.47. The molecule has 5 nitrogen and oxygen atoms in total. The van der Waals surface area contributed by atoms with Crippen molar-refractivity contribution >= 4 is 5.96 Å². The Kier molecular flexibility index (Phi) is 4.42. The molecule has 0 amide bonds. The number of rotatable bonds is 6. The summed E-state index contributed by atoms with van der Waals surface area (Å²) in [6.45, 7) is 2.57. The quantitative estimate of drug-likeness (QED) is 0.631. The summed E-state index contributed by atoms with van der Waals surface area (Å²) in [5.74, 6) is 0.856. The molecule has 0 spiro atoms. The molecule has 1 aliphatic carbocycles. The standard InChI is InChI=1S/C17H23N5/c1-18-16(19-11-13-22-12-5-10-21-22)20-14-17(8-9-17)15-6-3-2-4-7-15/h2-7,10,12H,8-9,11,13-14H2,1H3,(H2,18,19,20). The van der Waals surface area contributed by atoms with Crippen LogP contribution in [0.2, 0.25) is 0 Å². The van der Waals surface area contributed by atoms with Crippen LogP contribution in [0.4, 0.5) is 0 Å². The Morgan fingerprint density at radius 2 is 2.05 bits per heavy atom. The van der Waals surface area contributed by atoms with E-state index in [-0.39, 0.29) is 0 Å². The molecule has 2 aromatic rings. The molecular formula is C17H23N5. The Balaban J connectivity index is 1.47. The molecule has 1 fully saturated rings. The molecule has 0 saturated heterocycles. The Hall–Kier alpha value is -2.30. The van der Waals surface area contributed by atoms with Gasteiger partial charge in [-0.15, -0.1) is 0 Å². The van der Waals surface area contributed by atoms with Crippen LogP contribution in [0.25, 0.3) is 0 Å². The maximum absolute atomic E-state index is 4.30. The summed E-state index contributed by atoms with van der Waals surface area (Å²) in [6, 6.07) is 12.7. The monoisotopic (exact) mass is 297 g/mol. The summed E-state index contributed by atoms with van der Waals surface area (Å²) in [7, 11) is 1.81. The van der Waals surface area contributed by atoms with Crippen LogP contribution < -0.4 is 10.6 Å². The second kappa shape index (κ2) is 6.64. The van der Waals surface area contributed by atoms with Gasteiger partial charge in [-0.3, -0.25) is 9.67 Å².